The average Bonchev–Trinajstić information content (AvgIpc) is 3.51. The second kappa shape index (κ2) is 12.9. The summed E-state index contributed by atoms with van der Waals surface area (Å²) in [5, 5.41) is 15.9. The Balaban J connectivity index is 1.42. The lowest BCUT2D eigenvalue weighted by atomic mass is 9.84. The summed E-state index contributed by atoms with van der Waals surface area (Å²) >= 11 is 1.55. The first-order valence-electron chi connectivity index (χ1n) is 15.0. The highest BCUT2D eigenvalue weighted by Crippen LogP contribution is 2.36. The fraction of sp³-hybridized carbons (Fsp3) is 0.531. The van der Waals surface area contributed by atoms with Crippen molar-refractivity contribution in [2.75, 3.05) is 26.2 Å². The first kappa shape index (κ1) is 31.4. The number of pyridine rings is 1. The first-order chi connectivity index (χ1) is 20.4. The van der Waals surface area contributed by atoms with E-state index in [-0.39, 0.29) is 25.0 Å². The second-order valence-electron chi connectivity index (χ2n) is 12.1. The molecule has 2 N–H and O–H groups in total. The normalized spacial score (nSPS) is 19.3. The van der Waals surface area contributed by atoms with Crippen molar-refractivity contribution in [1.82, 2.24) is 20.1 Å². The predicted octanol–water partition coefficient (Wildman–Crippen LogP) is 6.01. The van der Waals surface area contributed by atoms with Crippen LogP contribution in [0.3, 0.4) is 0 Å². The highest BCUT2D eigenvalue weighted by Gasteiger charge is 2.51. The molecule has 0 spiro atoms. The Labute approximate surface area is 254 Å². The fourth-order valence-electron chi connectivity index (χ4n) is 6.20. The van der Waals surface area contributed by atoms with Crippen LogP contribution in [-0.4, -0.2) is 75.7 Å². The number of carbonyl (C=O) groups excluding carboxylic acids is 2. The third kappa shape index (κ3) is 7.05. The van der Waals surface area contributed by atoms with Gasteiger partial charge in [-0.1, -0.05) is 43.5 Å². The third-order valence-corrected chi connectivity index (χ3v) is 9.78. The molecule has 2 aliphatic rings. The van der Waals surface area contributed by atoms with Gasteiger partial charge >= 0.3 is 6.18 Å². The first-order valence-corrected chi connectivity index (χ1v) is 15.9. The summed E-state index contributed by atoms with van der Waals surface area (Å²) in [6.07, 6.45) is -0.103. The van der Waals surface area contributed by atoms with E-state index in [0.717, 1.165) is 39.9 Å². The number of carbonyl (C=O) groups is 2. The van der Waals surface area contributed by atoms with E-state index in [9.17, 15) is 27.9 Å². The molecule has 2 aromatic heterocycles. The molecule has 0 bridgehead atoms. The van der Waals surface area contributed by atoms with E-state index < -0.39 is 24.1 Å². The minimum Gasteiger partial charge on any atom is -0.380 e. The minimum atomic E-state index is -4.89. The Morgan fingerprint density at radius 2 is 1.77 bits per heavy atom. The number of amides is 2. The van der Waals surface area contributed by atoms with Crippen molar-refractivity contribution in [3.05, 3.63) is 52.9 Å². The van der Waals surface area contributed by atoms with Crippen LogP contribution >= 0.6 is 11.3 Å². The molecule has 0 radical (unpaired) electrons. The summed E-state index contributed by atoms with van der Waals surface area (Å²) in [6.45, 7) is 4.39. The van der Waals surface area contributed by atoms with Crippen LogP contribution in [0.25, 0.3) is 21.5 Å². The van der Waals surface area contributed by atoms with Crippen molar-refractivity contribution < 1.29 is 27.9 Å². The molecule has 1 aliphatic heterocycles. The maximum absolute atomic E-state index is 14.1. The lowest BCUT2D eigenvalue weighted by molar-refractivity contribution is -0.254. The number of nitrogens with zero attached hydrogens (tertiary/aromatic N) is 3. The molecule has 1 saturated carbocycles. The zero-order chi connectivity index (χ0) is 30.8. The number of piperazine rings is 1. The van der Waals surface area contributed by atoms with Gasteiger partial charge < -0.3 is 15.3 Å². The summed E-state index contributed by atoms with van der Waals surface area (Å²) < 4.78 is 39.5. The topological polar surface area (TPSA) is 85.8 Å². The Morgan fingerprint density at radius 3 is 2.42 bits per heavy atom. The van der Waals surface area contributed by atoms with Crippen LogP contribution in [0.2, 0.25) is 0 Å². The Hall–Kier alpha value is -3.02. The van der Waals surface area contributed by atoms with Crippen molar-refractivity contribution in [3.8, 4) is 10.6 Å². The van der Waals surface area contributed by atoms with Gasteiger partial charge in [-0.3, -0.25) is 14.5 Å². The van der Waals surface area contributed by atoms with E-state index in [2.05, 4.69) is 17.1 Å². The molecule has 1 unspecified atom stereocenters. The van der Waals surface area contributed by atoms with Crippen LogP contribution in [-0.2, 0) is 11.3 Å². The van der Waals surface area contributed by atoms with Gasteiger partial charge in [-0.2, -0.15) is 13.2 Å². The molecule has 2 amide bonds. The van der Waals surface area contributed by atoms with Crippen molar-refractivity contribution in [2.24, 2.45) is 5.92 Å². The number of para-hydroxylation sites is 1. The van der Waals surface area contributed by atoms with Crippen LogP contribution in [0, 0.1) is 5.92 Å². The summed E-state index contributed by atoms with van der Waals surface area (Å²) in [5.41, 5.74) is -0.211. The second-order valence-corrected chi connectivity index (χ2v) is 13.0. The molecule has 3 heterocycles. The molecule has 1 aromatic carbocycles. The van der Waals surface area contributed by atoms with Crippen molar-refractivity contribution in [1.29, 1.82) is 0 Å². The highest BCUT2D eigenvalue weighted by atomic mass is 32.1. The zero-order valence-corrected chi connectivity index (χ0v) is 25.4. The number of aromatic nitrogens is 1. The summed E-state index contributed by atoms with van der Waals surface area (Å²) in [6, 6.07) is 11.6. The van der Waals surface area contributed by atoms with Crippen LogP contribution in [0.1, 0.15) is 68.3 Å². The largest absolute Gasteiger partial charge is 0.417 e. The molecule has 232 valence electrons. The number of alkyl halides is 3. The summed E-state index contributed by atoms with van der Waals surface area (Å²) in [4.78, 5) is 36.2. The number of rotatable bonds is 8. The Morgan fingerprint density at radius 1 is 1.07 bits per heavy atom. The third-order valence-electron chi connectivity index (χ3n) is 8.90. The van der Waals surface area contributed by atoms with Crippen molar-refractivity contribution >= 4 is 34.1 Å². The number of halogens is 3. The van der Waals surface area contributed by atoms with E-state index in [4.69, 9.17) is 4.98 Å². The number of thiophene rings is 1. The van der Waals surface area contributed by atoms with Gasteiger partial charge in [0.2, 0.25) is 5.91 Å². The lowest BCUT2D eigenvalue weighted by Crippen LogP contribution is -2.52. The average molecular weight is 617 g/mol. The van der Waals surface area contributed by atoms with Gasteiger partial charge in [0.25, 0.3) is 5.91 Å². The zero-order valence-electron chi connectivity index (χ0n) is 24.6. The molecular formula is C32H39F3N4O3S. The number of benzene rings is 1. The molecule has 7 nitrogen and oxygen atoms in total. The van der Waals surface area contributed by atoms with Crippen LogP contribution < -0.4 is 5.32 Å². The van der Waals surface area contributed by atoms with Gasteiger partial charge in [-0.05, 0) is 50.1 Å². The van der Waals surface area contributed by atoms with Crippen LogP contribution in [0.4, 0.5) is 13.2 Å². The maximum Gasteiger partial charge on any atom is 0.417 e. The quantitative estimate of drug-likeness (QED) is 0.324. The fourth-order valence-corrected chi connectivity index (χ4v) is 6.94. The number of aliphatic hydroxyl groups is 1. The minimum absolute atomic E-state index is 0.0289. The molecule has 2 atom stereocenters. The molecule has 3 aromatic rings. The predicted molar refractivity (Wildman–Crippen MR) is 162 cm³/mol. The van der Waals surface area contributed by atoms with Gasteiger partial charge in [0.1, 0.15) is 0 Å². The Bertz CT molecular complexity index is 1430. The van der Waals surface area contributed by atoms with E-state index in [1.165, 1.54) is 24.2 Å². The van der Waals surface area contributed by atoms with Gasteiger partial charge in [-0.25, -0.2) is 4.98 Å². The SMILES string of the molecule is CC(NC(=O)c1c(CN2CCN(C(=O)C[C@](C)(O)C(F)(F)F)CC2)c(-c2cccs2)nc2ccccc12)C1CCCCC1. The van der Waals surface area contributed by atoms with Gasteiger partial charge in [0.05, 0.1) is 28.1 Å². The number of nitrogens with one attached hydrogen (secondary N) is 1. The molecule has 5 rings (SSSR count). The molecular weight excluding hydrogens is 577 g/mol. The van der Waals surface area contributed by atoms with Gasteiger partial charge in [-0.15, -0.1) is 11.3 Å². The highest BCUT2D eigenvalue weighted by molar-refractivity contribution is 7.13. The van der Waals surface area contributed by atoms with E-state index in [1.807, 2.05) is 41.8 Å². The standard InChI is InChI=1S/C32H39F3N4O3S/c1-21(22-9-4-3-5-10-22)36-30(41)28-23-11-6-7-12-25(23)37-29(26-13-8-18-43-26)24(28)20-38-14-16-39(17-15-38)27(40)19-31(2,42)32(33,34)35/h6-8,11-13,18,21-22,42H,3-5,9-10,14-17,19-20H2,1-2H3,(H,36,41)/t21?,31-/m0/s1. The van der Waals surface area contributed by atoms with E-state index in [1.54, 1.807) is 11.3 Å². The van der Waals surface area contributed by atoms with Crippen molar-refractivity contribution in [3.63, 3.8) is 0 Å². The summed E-state index contributed by atoms with van der Waals surface area (Å²) in [7, 11) is 0. The Kier molecular flexibility index (Phi) is 9.43. The van der Waals surface area contributed by atoms with Gasteiger partial charge in [0, 0.05) is 49.7 Å². The number of hydrogen-bond donors (Lipinski definition) is 2. The van der Waals surface area contributed by atoms with Crippen molar-refractivity contribution in [2.45, 2.75) is 76.7 Å². The number of fused-ring (bicyclic) bond motifs is 1. The molecule has 2 fully saturated rings. The monoisotopic (exact) mass is 616 g/mol. The lowest BCUT2D eigenvalue weighted by Gasteiger charge is -2.37. The summed E-state index contributed by atoms with van der Waals surface area (Å²) in [5.74, 6) is -0.423. The molecule has 1 saturated heterocycles. The van der Waals surface area contributed by atoms with Gasteiger partial charge in [0.15, 0.2) is 5.60 Å². The molecule has 43 heavy (non-hydrogen) atoms. The molecule has 1 aliphatic carbocycles. The number of hydrogen-bond acceptors (Lipinski definition) is 6. The smallest absolute Gasteiger partial charge is 0.380 e. The maximum atomic E-state index is 14.1. The van der Waals surface area contributed by atoms with Crippen LogP contribution in [0.5, 0.6) is 0 Å². The van der Waals surface area contributed by atoms with Crippen LogP contribution in [0.15, 0.2) is 41.8 Å². The van der Waals surface area contributed by atoms with E-state index >= 15 is 0 Å². The molecule has 11 heteroatoms. The van der Waals surface area contributed by atoms with E-state index in [0.29, 0.717) is 38.0 Å².